The highest BCUT2D eigenvalue weighted by Gasteiger charge is 2.23. The molecule has 0 aliphatic rings. The standard InChI is InChI=1S/C12H15FN2O4/c1-12(2,3)19-11(16)14(4)10-6-5-8(15(17)18)7-9(10)13/h5-7H,1-4H3. The molecule has 1 aromatic rings. The molecule has 0 radical (unpaired) electrons. The molecule has 0 aromatic heterocycles. The van der Waals surface area contributed by atoms with Crippen molar-refractivity contribution < 1.29 is 18.8 Å². The van der Waals surface area contributed by atoms with Crippen LogP contribution in [0.1, 0.15) is 20.8 Å². The number of nitro groups is 1. The van der Waals surface area contributed by atoms with E-state index in [0.29, 0.717) is 0 Å². The molecule has 0 spiro atoms. The van der Waals surface area contributed by atoms with Crippen LogP contribution in [0, 0.1) is 15.9 Å². The molecule has 0 unspecified atom stereocenters. The topological polar surface area (TPSA) is 72.7 Å². The second kappa shape index (κ2) is 5.21. The summed E-state index contributed by atoms with van der Waals surface area (Å²) in [5.41, 5.74) is -1.17. The molecule has 0 aliphatic heterocycles. The number of nitrogens with zero attached hydrogens (tertiary/aromatic N) is 2. The van der Waals surface area contributed by atoms with Gasteiger partial charge in [0, 0.05) is 13.1 Å². The fourth-order valence-electron chi connectivity index (χ4n) is 1.31. The van der Waals surface area contributed by atoms with E-state index >= 15 is 0 Å². The lowest BCUT2D eigenvalue weighted by Gasteiger charge is -2.24. The molecule has 104 valence electrons. The summed E-state index contributed by atoms with van der Waals surface area (Å²) < 4.78 is 18.8. The van der Waals surface area contributed by atoms with Gasteiger partial charge in [-0.15, -0.1) is 0 Å². The second-order valence-electron chi connectivity index (χ2n) is 4.93. The third-order valence-electron chi connectivity index (χ3n) is 2.17. The van der Waals surface area contributed by atoms with Crippen molar-refractivity contribution >= 4 is 17.5 Å². The third-order valence-corrected chi connectivity index (χ3v) is 2.17. The van der Waals surface area contributed by atoms with Crippen molar-refractivity contribution in [3.63, 3.8) is 0 Å². The molecular weight excluding hydrogens is 255 g/mol. The van der Waals surface area contributed by atoms with Crippen LogP contribution in [-0.2, 0) is 4.74 Å². The van der Waals surface area contributed by atoms with Gasteiger partial charge in [-0.2, -0.15) is 0 Å². The molecule has 19 heavy (non-hydrogen) atoms. The summed E-state index contributed by atoms with van der Waals surface area (Å²) in [6, 6.07) is 3.05. The predicted octanol–water partition coefficient (Wildman–Crippen LogP) is 3.11. The van der Waals surface area contributed by atoms with Gasteiger partial charge in [-0.3, -0.25) is 15.0 Å². The zero-order chi connectivity index (χ0) is 14.8. The van der Waals surface area contributed by atoms with E-state index in [4.69, 9.17) is 4.74 Å². The minimum atomic E-state index is -0.859. The Morgan fingerprint density at radius 3 is 2.42 bits per heavy atom. The zero-order valence-corrected chi connectivity index (χ0v) is 11.1. The first-order valence-corrected chi connectivity index (χ1v) is 5.52. The number of carbonyl (C=O) groups excluding carboxylic acids is 1. The number of anilines is 1. The van der Waals surface area contributed by atoms with Crippen LogP contribution >= 0.6 is 0 Å². The summed E-state index contributed by atoms with van der Waals surface area (Å²) in [5.74, 6) is -0.859. The van der Waals surface area contributed by atoms with E-state index < -0.39 is 22.4 Å². The highest BCUT2D eigenvalue weighted by Crippen LogP contribution is 2.24. The Morgan fingerprint density at radius 2 is 2.00 bits per heavy atom. The Labute approximate surface area is 109 Å². The molecule has 0 bridgehead atoms. The van der Waals surface area contributed by atoms with Crippen LogP contribution in [0.2, 0.25) is 0 Å². The summed E-state index contributed by atoms with van der Waals surface area (Å²) in [5, 5.41) is 10.5. The largest absolute Gasteiger partial charge is 0.443 e. The highest BCUT2D eigenvalue weighted by molar-refractivity contribution is 5.87. The fraction of sp³-hybridized carbons (Fsp3) is 0.417. The number of hydrogen-bond acceptors (Lipinski definition) is 4. The Hall–Kier alpha value is -2.18. The van der Waals surface area contributed by atoms with Gasteiger partial charge >= 0.3 is 6.09 Å². The number of non-ortho nitro benzene ring substituents is 1. The van der Waals surface area contributed by atoms with Crippen molar-refractivity contribution in [1.29, 1.82) is 0 Å². The number of ether oxygens (including phenoxy) is 1. The minimum absolute atomic E-state index is 0.0835. The lowest BCUT2D eigenvalue weighted by Crippen LogP contribution is -2.34. The average Bonchev–Trinajstić information content (AvgIpc) is 2.25. The molecule has 6 nitrogen and oxygen atoms in total. The number of amides is 1. The number of benzene rings is 1. The van der Waals surface area contributed by atoms with Gasteiger partial charge in [-0.25, -0.2) is 9.18 Å². The molecule has 0 aliphatic carbocycles. The van der Waals surface area contributed by atoms with Crippen molar-refractivity contribution in [2.24, 2.45) is 0 Å². The van der Waals surface area contributed by atoms with E-state index in [1.807, 2.05) is 0 Å². The number of nitro benzene ring substituents is 1. The Balaban J connectivity index is 2.97. The zero-order valence-electron chi connectivity index (χ0n) is 11.1. The maximum atomic E-state index is 13.7. The van der Waals surface area contributed by atoms with Crippen LogP contribution in [0.3, 0.4) is 0 Å². The quantitative estimate of drug-likeness (QED) is 0.611. The summed E-state index contributed by atoms with van der Waals surface area (Å²) in [6.07, 6.45) is -0.736. The summed E-state index contributed by atoms with van der Waals surface area (Å²) in [7, 11) is 1.33. The summed E-state index contributed by atoms with van der Waals surface area (Å²) in [4.78, 5) is 22.5. The Kier molecular flexibility index (Phi) is 4.08. The van der Waals surface area contributed by atoms with Crippen molar-refractivity contribution in [3.8, 4) is 0 Å². The smallest absolute Gasteiger partial charge is 0.414 e. The average molecular weight is 270 g/mol. The second-order valence-corrected chi connectivity index (χ2v) is 4.93. The predicted molar refractivity (Wildman–Crippen MR) is 67.7 cm³/mol. The third kappa shape index (κ3) is 3.90. The van der Waals surface area contributed by atoms with E-state index in [1.54, 1.807) is 20.8 Å². The van der Waals surface area contributed by atoms with Crippen LogP contribution in [0.15, 0.2) is 18.2 Å². The number of hydrogen-bond donors (Lipinski definition) is 0. The molecule has 1 aromatic carbocycles. The van der Waals surface area contributed by atoms with Gasteiger partial charge in [0.05, 0.1) is 16.7 Å². The van der Waals surface area contributed by atoms with Gasteiger partial charge in [0.15, 0.2) is 5.82 Å². The minimum Gasteiger partial charge on any atom is -0.443 e. The van der Waals surface area contributed by atoms with Crippen LogP contribution in [0.25, 0.3) is 0 Å². The van der Waals surface area contributed by atoms with Crippen molar-refractivity contribution in [2.75, 3.05) is 11.9 Å². The van der Waals surface area contributed by atoms with E-state index in [1.165, 1.54) is 7.05 Å². The molecule has 1 rings (SSSR count). The lowest BCUT2D eigenvalue weighted by molar-refractivity contribution is -0.385. The summed E-state index contributed by atoms with van der Waals surface area (Å²) >= 11 is 0. The summed E-state index contributed by atoms with van der Waals surface area (Å²) in [6.45, 7) is 5.06. The van der Waals surface area contributed by atoms with Gasteiger partial charge in [0.25, 0.3) is 5.69 Å². The van der Waals surface area contributed by atoms with E-state index in [0.717, 1.165) is 23.1 Å². The molecule has 1 amide bonds. The first kappa shape index (κ1) is 14.9. The van der Waals surface area contributed by atoms with Gasteiger partial charge in [0.1, 0.15) is 5.60 Å². The number of carbonyl (C=O) groups is 1. The molecule has 0 heterocycles. The molecule has 7 heteroatoms. The maximum Gasteiger partial charge on any atom is 0.414 e. The monoisotopic (exact) mass is 270 g/mol. The highest BCUT2D eigenvalue weighted by atomic mass is 19.1. The Morgan fingerprint density at radius 1 is 1.42 bits per heavy atom. The van der Waals surface area contributed by atoms with E-state index in [-0.39, 0.29) is 11.4 Å². The van der Waals surface area contributed by atoms with Crippen molar-refractivity contribution in [3.05, 3.63) is 34.1 Å². The first-order valence-electron chi connectivity index (χ1n) is 5.52. The van der Waals surface area contributed by atoms with Crippen LogP contribution in [0.5, 0.6) is 0 Å². The van der Waals surface area contributed by atoms with Gasteiger partial charge in [-0.05, 0) is 26.8 Å². The van der Waals surface area contributed by atoms with Gasteiger partial charge < -0.3 is 4.74 Å². The van der Waals surface area contributed by atoms with Crippen molar-refractivity contribution in [2.45, 2.75) is 26.4 Å². The Bertz CT molecular complexity index is 511. The number of halogens is 1. The van der Waals surface area contributed by atoms with Crippen LogP contribution in [0.4, 0.5) is 20.6 Å². The molecule has 0 atom stereocenters. The van der Waals surface area contributed by atoms with Gasteiger partial charge in [-0.1, -0.05) is 0 Å². The molecular formula is C12H15FN2O4. The normalized spacial score (nSPS) is 11.0. The SMILES string of the molecule is CN(C(=O)OC(C)(C)C)c1ccc([N+](=O)[O-])cc1F. The molecule has 0 saturated heterocycles. The van der Waals surface area contributed by atoms with E-state index in [2.05, 4.69) is 0 Å². The molecule has 0 N–H and O–H groups in total. The van der Waals surface area contributed by atoms with E-state index in [9.17, 15) is 19.3 Å². The van der Waals surface area contributed by atoms with Crippen LogP contribution < -0.4 is 4.90 Å². The molecule has 0 saturated carbocycles. The fourth-order valence-corrected chi connectivity index (χ4v) is 1.31. The lowest BCUT2D eigenvalue weighted by atomic mass is 10.2. The number of rotatable bonds is 2. The van der Waals surface area contributed by atoms with Gasteiger partial charge in [0.2, 0.25) is 0 Å². The molecule has 0 fully saturated rings. The van der Waals surface area contributed by atoms with Crippen LogP contribution in [-0.4, -0.2) is 23.7 Å². The maximum absolute atomic E-state index is 13.7. The first-order chi connectivity index (χ1) is 8.61. The van der Waals surface area contributed by atoms with Crippen molar-refractivity contribution in [1.82, 2.24) is 0 Å².